The third-order valence-corrected chi connectivity index (χ3v) is 9.73. The highest BCUT2D eigenvalue weighted by atomic mass is 32.2. The predicted molar refractivity (Wildman–Crippen MR) is 172 cm³/mol. The Bertz CT molecular complexity index is 1850. The lowest BCUT2D eigenvalue weighted by Crippen LogP contribution is -2.58. The lowest BCUT2D eigenvalue weighted by atomic mass is 10.1. The summed E-state index contributed by atoms with van der Waals surface area (Å²) in [5.74, 6) is -1.42. The standard InChI is InChI=1S/C32H34F3N7O3S/c1-5-24(43)40-16-19(2)41(20(3)17-40)28-26-27(37-31(38-28)45-18-46-25-14-9-15-39(25)4)29(44)42(30(36-26)32(33,34)35)23-13-8-11-21-10-6-7-12-22(21)23/h5-8,10-13,19-20,25H,1,9,14-18H2,2-4H3/t19-,20-,25?/m0/s1. The Hall–Kier alpha value is -4.17. The predicted octanol–water partition coefficient (Wildman–Crippen LogP) is 5.08. The number of hydrogen-bond donors (Lipinski definition) is 0. The number of ether oxygens (including phenoxy) is 1. The number of carbonyl (C=O) groups excluding carboxylic acids is 1. The lowest BCUT2D eigenvalue weighted by Gasteiger charge is -2.45. The van der Waals surface area contributed by atoms with E-state index in [1.165, 1.54) is 12.1 Å². The number of benzene rings is 2. The van der Waals surface area contributed by atoms with Gasteiger partial charge in [-0.2, -0.15) is 23.1 Å². The van der Waals surface area contributed by atoms with E-state index in [2.05, 4.69) is 26.4 Å². The van der Waals surface area contributed by atoms with Gasteiger partial charge in [-0.3, -0.25) is 19.1 Å². The number of rotatable bonds is 7. The average Bonchev–Trinajstić information content (AvgIpc) is 3.44. The zero-order valence-corrected chi connectivity index (χ0v) is 26.5. The van der Waals surface area contributed by atoms with E-state index in [9.17, 15) is 22.8 Å². The van der Waals surface area contributed by atoms with Crippen LogP contribution in [-0.2, 0) is 11.0 Å². The molecule has 1 unspecified atom stereocenters. The van der Waals surface area contributed by atoms with Gasteiger partial charge in [0.1, 0.15) is 11.5 Å². The minimum Gasteiger partial charge on any atom is -0.452 e. The lowest BCUT2D eigenvalue weighted by molar-refractivity contribution is -0.146. The number of thioether (sulfide) groups is 1. The van der Waals surface area contributed by atoms with Crippen LogP contribution < -0.4 is 15.2 Å². The molecule has 3 atom stereocenters. The molecule has 0 saturated carbocycles. The summed E-state index contributed by atoms with van der Waals surface area (Å²) in [6, 6.07) is 10.8. The van der Waals surface area contributed by atoms with Crippen molar-refractivity contribution in [2.75, 3.05) is 37.5 Å². The van der Waals surface area contributed by atoms with E-state index >= 15 is 0 Å². The largest absolute Gasteiger partial charge is 0.452 e. The van der Waals surface area contributed by atoms with Gasteiger partial charge in [-0.25, -0.2) is 4.98 Å². The minimum absolute atomic E-state index is 0.0329. The second-order valence-corrected chi connectivity index (χ2v) is 12.8. The number of halogens is 3. The van der Waals surface area contributed by atoms with Crippen LogP contribution in [0.4, 0.5) is 19.0 Å². The summed E-state index contributed by atoms with van der Waals surface area (Å²) in [7, 11) is 2.04. The molecular formula is C32H34F3N7O3S. The quantitative estimate of drug-likeness (QED) is 0.200. The summed E-state index contributed by atoms with van der Waals surface area (Å²) in [6.45, 7) is 8.75. The maximum absolute atomic E-state index is 14.8. The highest BCUT2D eigenvalue weighted by Gasteiger charge is 2.40. The Morgan fingerprint density at radius 1 is 1.07 bits per heavy atom. The second-order valence-electron chi connectivity index (χ2n) is 11.7. The topological polar surface area (TPSA) is 96.7 Å². The van der Waals surface area contributed by atoms with Crippen molar-refractivity contribution in [3.63, 3.8) is 0 Å². The maximum Gasteiger partial charge on any atom is 0.450 e. The van der Waals surface area contributed by atoms with Crippen molar-refractivity contribution in [1.29, 1.82) is 0 Å². The Morgan fingerprint density at radius 2 is 1.78 bits per heavy atom. The number of nitrogens with zero attached hydrogens (tertiary/aromatic N) is 7. The zero-order chi connectivity index (χ0) is 32.7. The number of hydrogen-bond acceptors (Lipinski definition) is 9. The Morgan fingerprint density at radius 3 is 2.46 bits per heavy atom. The number of amides is 1. The third kappa shape index (κ3) is 5.91. The molecule has 1 amide bonds. The highest BCUT2D eigenvalue weighted by molar-refractivity contribution is 7.99. The van der Waals surface area contributed by atoms with Crippen molar-refractivity contribution in [2.24, 2.45) is 0 Å². The molecule has 0 spiro atoms. The van der Waals surface area contributed by atoms with Crippen LogP contribution in [0.5, 0.6) is 6.01 Å². The summed E-state index contributed by atoms with van der Waals surface area (Å²) in [4.78, 5) is 45.4. The fourth-order valence-electron chi connectivity index (χ4n) is 6.40. The highest BCUT2D eigenvalue weighted by Crippen LogP contribution is 2.35. The number of anilines is 1. The van der Waals surface area contributed by atoms with E-state index < -0.39 is 29.6 Å². The van der Waals surface area contributed by atoms with E-state index in [4.69, 9.17) is 4.74 Å². The normalized spacial score (nSPS) is 20.9. The molecule has 0 bridgehead atoms. The Kier molecular flexibility index (Phi) is 8.68. The Balaban J connectivity index is 1.54. The van der Waals surface area contributed by atoms with Gasteiger partial charge in [0.2, 0.25) is 11.7 Å². The first-order chi connectivity index (χ1) is 22.0. The van der Waals surface area contributed by atoms with E-state index in [1.807, 2.05) is 20.9 Å². The van der Waals surface area contributed by atoms with Gasteiger partial charge < -0.3 is 14.5 Å². The number of piperazine rings is 1. The molecule has 10 nitrogen and oxygen atoms in total. The molecule has 0 radical (unpaired) electrons. The van der Waals surface area contributed by atoms with Crippen LogP contribution in [0.3, 0.4) is 0 Å². The van der Waals surface area contributed by atoms with Crippen LogP contribution >= 0.6 is 11.8 Å². The summed E-state index contributed by atoms with van der Waals surface area (Å²) >= 11 is 1.56. The molecule has 46 heavy (non-hydrogen) atoms. The molecule has 4 heterocycles. The van der Waals surface area contributed by atoms with Crippen LogP contribution in [0.25, 0.3) is 27.5 Å². The van der Waals surface area contributed by atoms with E-state index in [1.54, 1.807) is 58.0 Å². The second kappa shape index (κ2) is 12.6. The summed E-state index contributed by atoms with van der Waals surface area (Å²) < 4.78 is 51.0. The van der Waals surface area contributed by atoms with Gasteiger partial charge in [-0.15, -0.1) is 11.8 Å². The number of alkyl halides is 3. The molecule has 0 aliphatic carbocycles. The first kappa shape index (κ1) is 31.8. The molecule has 2 aliphatic heterocycles. The van der Waals surface area contributed by atoms with Gasteiger partial charge in [0.15, 0.2) is 11.3 Å². The smallest absolute Gasteiger partial charge is 0.450 e. The number of aromatic nitrogens is 4. The number of likely N-dealkylation sites (tertiary alicyclic amines) is 1. The van der Waals surface area contributed by atoms with Crippen LogP contribution in [0.1, 0.15) is 32.5 Å². The average molecular weight is 654 g/mol. The Labute approximate surface area is 267 Å². The van der Waals surface area contributed by atoms with E-state index in [0.29, 0.717) is 15.3 Å². The molecule has 0 N–H and O–H groups in total. The van der Waals surface area contributed by atoms with E-state index in [0.717, 1.165) is 19.4 Å². The van der Waals surface area contributed by atoms with Crippen molar-refractivity contribution < 1.29 is 22.7 Å². The zero-order valence-electron chi connectivity index (χ0n) is 25.7. The van der Waals surface area contributed by atoms with Crippen LogP contribution in [0.15, 0.2) is 59.9 Å². The molecule has 2 aromatic carbocycles. The SMILES string of the molecule is C=CC(=O)N1C[C@H](C)N(c2nc(OCSC3CCCN3C)nc3c(=O)n(-c4cccc5ccccc45)c(C(F)(F)F)nc23)[C@@H](C)C1. The van der Waals surface area contributed by atoms with Crippen LogP contribution in [0, 0.1) is 0 Å². The molecule has 6 rings (SSSR count). The van der Waals surface area contributed by atoms with E-state index in [-0.39, 0.29) is 58.9 Å². The summed E-state index contributed by atoms with van der Waals surface area (Å²) in [6.07, 6.45) is -1.70. The fraction of sp³-hybridized carbons (Fsp3) is 0.406. The van der Waals surface area contributed by atoms with Gasteiger partial charge >= 0.3 is 12.2 Å². The van der Waals surface area contributed by atoms with Crippen molar-refractivity contribution in [3.8, 4) is 11.7 Å². The number of carbonyl (C=O) groups is 1. The number of fused-ring (bicyclic) bond motifs is 2. The summed E-state index contributed by atoms with van der Waals surface area (Å²) in [5, 5.41) is 1.36. The minimum atomic E-state index is -4.99. The molecule has 2 fully saturated rings. The molecule has 242 valence electrons. The third-order valence-electron chi connectivity index (χ3n) is 8.49. The molecule has 4 aromatic rings. The first-order valence-electron chi connectivity index (χ1n) is 15.0. The van der Waals surface area contributed by atoms with Gasteiger partial charge in [0.25, 0.3) is 5.56 Å². The van der Waals surface area contributed by atoms with Crippen molar-refractivity contribution >= 4 is 45.3 Å². The van der Waals surface area contributed by atoms with Crippen molar-refractivity contribution in [3.05, 3.63) is 71.3 Å². The molecule has 2 saturated heterocycles. The van der Waals surface area contributed by atoms with Crippen molar-refractivity contribution in [1.82, 2.24) is 29.3 Å². The van der Waals surface area contributed by atoms with Crippen LogP contribution in [-0.4, -0.2) is 85.3 Å². The molecule has 14 heteroatoms. The molecule has 2 aromatic heterocycles. The molecule has 2 aliphatic rings. The van der Waals surface area contributed by atoms with Crippen molar-refractivity contribution in [2.45, 2.75) is 50.3 Å². The first-order valence-corrected chi connectivity index (χ1v) is 16.1. The monoisotopic (exact) mass is 653 g/mol. The summed E-state index contributed by atoms with van der Waals surface area (Å²) in [5.41, 5.74) is -1.55. The van der Waals surface area contributed by atoms with Gasteiger partial charge in [-0.1, -0.05) is 43.0 Å². The van der Waals surface area contributed by atoms with Gasteiger partial charge in [0, 0.05) is 30.6 Å². The van der Waals surface area contributed by atoms with Gasteiger partial charge in [-0.05, 0) is 57.8 Å². The molecular weight excluding hydrogens is 619 g/mol. The van der Waals surface area contributed by atoms with Crippen LogP contribution in [0.2, 0.25) is 0 Å². The maximum atomic E-state index is 14.8. The van der Waals surface area contributed by atoms with Gasteiger partial charge in [0.05, 0.1) is 11.1 Å². The fourth-order valence-corrected chi connectivity index (χ4v) is 7.42.